The van der Waals surface area contributed by atoms with E-state index >= 15 is 0 Å². The lowest BCUT2D eigenvalue weighted by molar-refractivity contribution is -0.0191. The Hall–Kier alpha value is -1.99. The van der Waals surface area contributed by atoms with Crippen LogP contribution in [0.1, 0.15) is 26.3 Å². The molecule has 214 valence electrons. The molecule has 0 fully saturated rings. The predicted octanol–water partition coefficient (Wildman–Crippen LogP) is 2.18. The van der Waals surface area contributed by atoms with Crippen LogP contribution in [0.5, 0.6) is 5.75 Å². The van der Waals surface area contributed by atoms with Crippen LogP contribution in [-0.4, -0.2) is 109 Å². The van der Waals surface area contributed by atoms with Crippen molar-refractivity contribution in [3.63, 3.8) is 0 Å². The van der Waals surface area contributed by atoms with Crippen LogP contribution in [0, 0.1) is 0 Å². The standard InChI is InChI=1S/C26H45NO10/c1-26(2,3)37-25(29)27-22-23-4-6-24(7-5-23)36-21-20-35-19-18-34-17-16-33-15-14-32-13-12-31-11-10-30-9-8-28/h4-7,28H,8-22H2,1-3H3,(H,27,29). The van der Waals surface area contributed by atoms with Gasteiger partial charge in [-0.2, -0.15) is 0 Å². The topological polar surface area (TPSA) is 123 Å². The molecule has 1 aromatic carbocycles. The van der Waals surface area contributed by atoms with E-state index in [1.807, 2.05) is 45.0 Å². The molecule has 0 spiro atoms. The Morgan fingerprint density at radius 2 is 1.08 bits per heavy atom. The minimum Gasteiger partial charge on any atom is -0.491 e. The minimum absolute atomic E-state index is 0.0230. The molecule has 11 heteroatoms. The Kier molecular flexibility index (Phi) is 19.7. The fourth-order valence-electron chi connectivity index (χ4n) is 2.68. The van der Waals surface area contributed by atoms with Crippen LogP contribution in [-0.2, 0) is 39.7 Å². The highest BCUT2D eigenvalue weighted by Gasteiger charge is 2.15. The van der Waals surface area contributed by atoms with E-state index in [4.69, 9.17) is 43.0 Å². The van der Waals surface area contributed by atoms with E-state index in [0.29, 0.717) is 92.4 Å². The van der Waals surface area contributed by atoms with Crippen molar-refractivity contribution in [2.75, 3.05) is 92.5 Å². The number of amides is 1. The zero-order valence-corrected chi connectivity index (χ0v) is 22.5. The molecule has 0 saturated carbocycles. The second-order valence-electron chi connectivity index (χ2n) is 8.75. The van der Waals surface area contributed by atoms with Gasteiger partial charge in [0.15, 0.2) is 0 Å². The fourth-order valence-corrected chi connectivity index (χ4v) is 2.68. The number of nitrogens with one attached hydrogen (secondary N) is 1. The summed E-state index contributed by atoms with van der Waals surface area (Å²) >= 11 is 0. The van der Waals surface area contributed by atoms with Gasteiger partial charge < -0.3 is 48.3 Å². The lowest BCUT2D eigenvalue weighted by Crippen LogP contribution is -2.32. The third kappa shape index (κ3) is 21.8. The third-order valence-electron chi connectivity index (χ3n) is 4.35. The van der Waals surface area contributed by atoms with Gasteiger partial charge in [-0.15, -0.1) is 0 Å². The van der Waals surface area contributed by atoms with Crippen LogP contribution in [0.2, 0.25) is 0 Å². The highest BCUT2D eigenvalue weighted by atomic mass is 16.6. The summed E-state index contributed by atoms with van der Waals surface area (Å²) in [4.78, 5) is 11.7. The van der Waals surface area contributed by atoms with Crippen molar-refractivity contribution in [2.24, 2.45) is 0 Å². The summed E-state index contributed by atoms with van der Waals surface area (Å²) in [6.45, 7) is 12.0. The van der Waals surface area contributed by atoms with Gasteiger partial charge >= 0.3 is 6.09 Å². The van der Waals surface area contributed by atoms with E-state index in [0.717, 1.165) is 11.3 Å². The molecule has 0 bridgehead atoms. The van der Waals surface area contributed by atoms with E-state index in [1.165, 1.54) is 0 Å². The number of hydrogen-bond donors (Lipinski definition) is 2. The molecule has 1 aromatic rings. The number of rotatable bonds is 23. The van der Waals surface area contributed by atoms with Crippen LogP contribution in [0.25, 0.3) is 0 Å². The van der Waals surface area contributed by atoms with Gasteiger partial charge in [0.2, 0.25) is 0 Å². The van der Waals surface area contributed by atoms with Gasteiger partial charge in [0.05, 0.1) is 85.9 Å². The minimum atomic E-state index is -0.518. The summed E-state index contributed by atoms with van der Waals surface area (Å²) in [7, 11) is 0. The molecule has 11 nitrogen and oxygen atoms in total. The summed E-state index contributed by atoms with van der Waals surface area (Å²) in [6, 6.07) is 7.49. The Balaban J connectivity index is 1.85. The maximum atomic E-state index is 11.7. The molecule has 0 radical (unpaired) electrons. The zero-order chi connectivity index (χ0) is 27.0. The molecule has 1 rings (SSSR count). The van der Waals surface area contributed by atoms with Gasteiger partial charge in [-0.25, -0.2) is 4.79 Å². The number of hydrogen-bond acceptors (Lipinski definition) is 10. The molecule has 0 aliphatic heterocycles. The van der Waals surface area contributed by atoms with Gasteiger partial charge in [0.25, 0.3) is 0 Å². The summed E-state index contributed by atoms with van der Waals surface area (Å²) in [5.74, 6) is 0.735. The maximum absolute atomic E-state index is 11.7. The second kappa shape index (κ2) is 22.0. The average Bonchev–Trinajstić information content (AvgIpc) is 2.86. The fraction of sp³-hybridized carbons (Fsp3) is 0.731. The van der Waals surface area contributed by atoms with E-state index in [1.54, 1.807) is 0 Å². The van der Waals surface area contributed by atoms with Crippen LogP contribution in [0.15, 0.2) is 24.3 Å². The Morgan fingerprint density at radius 1 is 0.676 bits per heavy atom. The molecule has 0 aliphatic rings. The van der Waals surface area contributed by atoms with Gasteiger partial charge in [-0.1, -0.05) is 12.1 Å². The average molecular weight is 532 g/mol. The summed E-state index contributed by atoms with van der Waals surface area (Å²) in [6.07, 6.45) is -0.442. The van der Waals surface area contributed by atoms with Crippen LogP contribution >= 0.6 is 0 Å². The molecule has 0 aliphatic carbocycles. The number of benzene rings is 1. The Bertz CT molecular complexity index is 666. The van der Waals surface area contributed by atoms with Crippen LogP contribution < -0.4 is 10.1 Å². The number of carbonyl (C=O) groups is 1. The number of aliphatic hydroxyl groups excluding tert-OH is 1. The molecule has 0 heterocycles. The summed E-state index contributed by atoms with van der Waals surface area (Å²) < 4.78 is 43.0. The number of ether oxygens (including phenoxy) is 8. The van der Waals surface area contributed by atoms with Crippen molar-refractivity contribution in [1.29, 1.82) is 0 Å². The first-order valence-corrected chi connectivity index (χ1v) is 12.7. The summed E-state index contributed by atoms with van der Waals surface area (Å²) in [5.41, 5.74) is 0.432. The van der Waals surface area contributed by atoms with Gasteiger partial charge in [-0.05, 0) is 38.5 Å². The van der Waals surface area contributed by atoms with E-state index in [2.05, 4.69) is 5.32 Å². The molecule has 2 N–H and O–H groups in total. The SMILES string of the molecule is CC(C)(C)OC(=O)NCc1ccc(OCCOCCOCCOCCOCCOCCOCCO)cc1. The number of alkyl carbamates (subject to hydrolysis) is 1. The lowest BCUT2D eigenvalue weighted by Gasteiger charge is -2.19. The van der Waals surface area contributed by atoms with Crippen LogP contribution in [0.4, 0.5) is 4.79 Å². The quantitative estimate of drug-likeness (QED) is 0.203. The Labute approximate surface area is 220 Å². The molecular formula is C26H45NO10. The first-order chi connectivity index (χ1) is 17.9. The first kappa shape index (κ1) is 33.0. The maximum Gasteiger partial charge on any atom is 0.407 e. The molecular weight excluding hydrogens is 486 g/mol. The van der Waals surface area contributed by atoms with Crippen molar-refractivity contribution in [2.45, 2.75) is 32.9 Å². The van der Waals surface area contributed by atoms with E-state index in [-0.39, 0.29) is 6.61 Å². The smallest absolute Gasteiger partial charge is 0.407 e. The van der Waals surface area contributed by atoms with Gasteiger partial charge in [-0.3, -0.25) is 0 Å². The molecule has 0 unspecified atom stereocenters. The van der Waals surface area contributed by atoms with Crippen LogP contribution in [0.3, 0.4) is 0 Å². The predicted molar refractivity (Wildman–Crippen MR) is 137 cm³/mol. The van der Waals surface area contributed by atoms with E-state index in [9.17, 15) is 4.79 Å². The Morgan fingerprint density at radius 3 is 1.49 bits per heavy atom. The lowest BCUT2D eigenvalue weighted by atomic mass is 10.2. The summed E-state index contributed by atoms with van der Waals surface area (Å²) in [5, 5.41) is 11.3. The third-order valence-corrected chi connectivity index (χ3v) is 4.35. The monoisotopic (exact) mass is 531 g/mol. The molecule has 0 aromatic heterocycles. The molecule has 37 heavy (non-hydrogen) atoms. The van der Waals surface area contributed by atoms with Gasteiger partial charge in [0, 0.05) is 6.54 Å². The molecule has 0 saturated heterocycles. The van der Waals surface area contributed by atoms with Gasteiger partial charge in [0.1, 0.15) is 18.0 Å². The van der Waals surface area contributed by atoms with Crippen molar-refractivity contribution in [3.8, 4) is 5.75 Å². The molecule has 1 amide bonds. The highest BCUT2D eigenvalue weighted by molar-refractivity contribution is 5.67. The highest BCUT2D eigenvalue weighted by Crippen LogP contribution is 2.12. The number of aliphatic hydroxyl groups is 1. The van der Waals surface area contributed by atoms with Crippen molar-refractivity contribution >= 4 is 6.09 Å². The largest absolute Gasteiger partial charge is 0.491 e. The van der Waals surface area contributed by atoms with Crippen molar-refractivity contribution in [1.82, 2.24) is 5.32 Å². The normalized spacial score (nSPS) is 11.5. The molecule has 0 atom stereocenters. The zero-order valence-electron chi connectivity index (χ0n) is 22.5. The van der Waals surface area contributed by atoms with E-state index < -0.39 is 11.7 Å². The first-order valence-electron chi connectivity index (χ1n) is 12.7. The number of carbonyl (C=O) groups excluding carboxylic acids is 1. The van der Waals surface area contributed by atoms with Crippen molar-refractivity contribution < 1.29 is 47.8 Å². The van der Waals surface area contributed by atoms with Crippen molar-refractivity contribution in [3.05, 3.63) is 29.8 Å². The second-order valence-corrected chi connectivity index (χ2v) is 8.75.